The SMILES string of the molecule is NCc1ccc2c(c1)CC(=O)N2CC1(CO)CCC1. The van der Waals surface area contributed by atoms with Gasteiger partial charge in [0.05, 0.1) is 13.0 Å². The van der Waals surface area contributed by atoms with Gasteiger partial charge in [-0.1, -0.05) is 18.6 Å². The zero-order valence-electron chi connectivity index (χ0n) is 11.1. The fourth-order valence-corrected chi connectivity index (χ4v) is 3.12. The number of carbonyl (C=O) groups is 1. The maximum atomic E-state index is 12.2. The third-order valence-electron chi connectivity index (χ3n) is 4.56. The first-order valence-electron chi connectivity index (χ1n) is 6.90. The highest BCUT2D eigenvalue weighted by Gasteiger charge is 2.41. The number of aliphatic hydroxyl groups is 1. The van der Waals surface area contributed by atoms with Crippen LogP contribution in [0.3, 0.4) is 0 Å². The highest BCUT2D eigenvalue weighted by molar-refractivity contribution is 6.01. The van der Waals surface area contributed by atoms with Crippen molar-refractivity contribution in [2.24, 2.45) is 11.1 Å². The van der Waals surface area contributed by atoms with Crippen LogP contribution in [0.15, 0.2) is 18.2 Å². The van der Waals surface area contributed by atoms with Gasteiger partial charge in [0.1, 0.15) is 0 Å². The minimum absolute atomic E-state index is 0.0657. The van der Waals surface area contributed by atoms with E-state index in [1.165, 1.54) is 0 Å². The van der Waals surface area contributed by atoms with Gasteiger partial charge in [-0.15, -0.1) is 0 Å². The number of benzene rings is 1. The minimum Gasteiger partial charge on any atom is -0.396 e. The van der Waals surface area contributed by atoms with E-state index >= 15 is 0 Å². The molecule has 0 spiro atoms. The summed E-state index contributed by atoms with van der Waals surface area (Å²) >= 11 is 0. The summed E-state index contributed by atoms with van der Waals surface area (Å²) in [4.78, 5) is 14.0. The van der Waals surface area contributed by atoms with Crippen LogP contribution in [0, 0.1) is 5.41 Å². The fraction of sp³-hybridized carbons (Fsp3) is 0.533. The van der Waals surface area contributed by atoms with Crippen molar-refractivity contribution in [3.8, 4) is 0 Å². The van der Waals surface area contributed by atoms with Gasteiger partial charge in [0.15, 0.2) is 0 Å². The molecule has 3 rings (SSSR count). The molecule has 4 nitrogen and oxygen atoms in total. The number of amides is 1. The maximum absolute atomic E-state index is 12.2. The number of nitrogens with zero attached hydrogens (tertiary/aromatic N) is 1. The van der Waals surface area contributed by atoms with Crippen molar-refractivity contribution in [1.29, 1.82) is 0 Å². The van der Waals surface area contributed by atoms with Crippen LogP contribution in [0.25, 0.3) is 0 Å². The van der Waals surface area contributed by atoms with Crippen LogP contribution in [0.4, 0.5) is 5.69 Å². The molecule has 0 unspecified atom stereocenters. The van der Waals surface area contributed by atoms with Crippen molar-refractivity contribution in [2.45, 2.75) is 32.2 Å². The lowest BCUT2D eigenvalue weighted by Crippen LogP contribution is -2.46. The first-order chi connectivity index (χ1) is 9.17. The Morgan fingerprint density at radius 1 is 1.37 bits per heavy atom. The first kappa shape index (κ1) is 12.6. The van der Waals surface area contributed by atoms with E-state index in [9.17, 15) is 9.90 Å². The van der Waals surface area contributed by atoms with Crippen molar-refractivity contribution in [2.75, 3.05) is 18.1 Å². The third kappa shape index (κ3) is 2.05. The summed E-state index contributed by atoms with van der Waals surface area (Å²) in [5.74, 6) is 0.142. The zero-order valence-corrected chi connectivity index (χ0v) is 11.1. The monoisotopic (exact) mass is 260 g/mol. The lowest BCUT2D eigenvalue weighted by molar-refractivity contribution is -0.118. The second kappa shape index (κ2) is 4.62. The number of rotatable bonds is 4. The average Bonchev–Trinajstić information content (AvgIpc) is 2.68. The minimum atomic E-state index is -0.0657. The molecule has 1 fully saturated rings. The summed E-state index contributed by atoms with van der Waals surface area (Å²) < 4.78 is 0. The zero-order chi connectivity index (χ0) is 13.5. The Morgan fingerprint density at radius 3 is 2.74 bits per heavy atom. The van der Waals surface area contributed by atoms with Crippen LogP contribution in [0.5, 0.6) is 0 Å². The van der Waals surface area contributed by atoms with E-state index in [4.69, 9.17) is 5.73 Å². The molecule has 1 saturated carbocycles. The molecule has 1 aliphatic carbocycles. The van der Waals surface area contributed by atoms with Crippen LogP contribution in [0.1, 0.15) is 30.4 Å². The quantitative estimate of drug-likeness (QED) is 0.854. The standard InChI is InChI=1S/C15H20N2O2/c16-8-11-2-3-13-12(6-11)7-14(19)17(13)9-15(10-18)4-1-5-15/h2-3,6,18H,1,4-5,7-10,16H2. The van der Waals surface area contributed by atoms with E-state index in [-0.39, 0.29) is 17.9 Å². The molecule has 1 amide bonds. The molecular weight excluding hydrogens is 240 g/mol. The van der Waals surface area contributed by atoms with E-state index in [1.807, 2.05) is 23.1 Å². The molecule has 2 aliphatic rings. The summed E-state index contributed by atoms with van der Waals surface area (Å²) in [5.41, 5.74) is 8.71. The van der Waals surface area contributed by atoms with Crippen LogP contribution in [-0.4, -0.2) is 24.2 Å². The number of hydrogen-bond acceptors (Lipinski definition) is 3. The Bertz CT molecular complexity index is 503. The maximum Gasteiger partial charge on any atom is 0.231 e. The molecule has 3 N–H and O–H groups in total. The first-order valence-corrected chi connectivity index (χ1v) is 6.90. The molecule has 0 saturated heterocycles. The number of carbonyl (C=O) groups excluding carboxylic acids is 1. The molecule has 0 bridgehead atoms. The summed E-state index contributed by atoms with van der Waals surface area (Å²) in [6.45, 7) is 1.33. The smallest absolute Gasteiger partial charge is 0.231 e. The Labute approximate surface area is 113 Å². The molecule has 1 aromatic carbocycles. The van der Waals surface area contributed by atoms with Gasteiger partial charge in [-0.3, -0.25) is 4.79 Å². The number of nitrogens with two attached hydrogens (primary N) is 1. The number of aliphatic hydroxyl groups excluding tert-OH is 1. The van der Waals surface area contributed by atoms with E-state index in [0.717, 1.165) is 36.1 Å². The fourth-order valence-electron chi connectivity index (χ4n) is 3.12. The van der Waals surface area contributed by atoms with Gasteiger partial charge in [-0.05, 0) is 30.0 Å². The van der Waals surface area contributed by atoms with Gasteiger partial charge in [0.2, 0.25) is 5.91 Å². The van der Waals surface area contributed by atoms with Gasteiger partial charge in [-0.25, -0.2) is 0 Å². The Morgan fingerprint density at radius 2 is 2.16 bits per heavy atom. The Hall–Kier alpha value is -1.39. The molecule has 1 heterocycles. The molecule has 0 aromatic heterocycles. The molecule has 0 radical (unpaired) electrons. The van der Waals surface area contributed by atoms with E-state index in [1.54, 1.807) is 0 Å². The van der Waals surface area contributed by atoms with Gasteiger partial charge in [0.25, 0.3) is 0 Å². The second-order valence-electron chi connectivity index (χ2n) is 5.84. The van der Waals surface area contributed by atoms with Gasteiger partial charge < -0.3 is 15.7 Å². The van der Waals surface area contributed by atoms with E-state index in [0.29, 0.717) is 19.5 Å². The van der Waals surface area contributed by atoms with Gasteiger partial charge >= 0.3 is 0 Å². The van der Waals surface area contributed by atoms with Crippen LogP contribution >= 0.6 is 0 Å². The number of anilines is 1. The largest absolute Gasteiger partial charge is 0.396 e. The van der Waals surface area contributed by atoms with Crippen molar-refractivity contribution in [3.05, 3.63) is 29.3 Å². The molecule has 102 valence electrons. The van der Waals surface area contributed by atoms with Crippen LogP contribution in [-0.2, 0) is 17.8 Å². The summed E-state index contributed by atoms with van der Waals surface area (Å²) in [5, 5.41) is 9.56. The summed E-state index contributed by atoms with van der Waals surface area (Å²) in [7, 11) is 0. The van der Waals surface area contributed by atoms with E-state index < -0.39 is 0 Å². The highest BCUT2D eigenvalue weighted by atomic mass is 16.3. The van der Waals surface area contributed by atoms with Crippen molar-refractivity contribution < 1.29 is 9.90 Å². The molecule has 4 heteroatoms. The molecular formula is C15H20N2O2. The normalized spacial score (nSPS) is 20.3. The number of hydrogen-bond donors (Lipinski definition) is 2. The second-order valence-corrected chi connectivity index (χ2v) is 5.84. The molecule has 19 heavy (non-hydrogen) atoms. The van der Waals surface area contributed by atoms with Crippen molar-refractivity contribution in [3.63, 3.8) is 0 Å². The average molecular weight is 260 g/mol. The molecule has 1 aromatic rings. The van der Waals surface area contributed by atoms with Crippen molar-refractivity contribution >= 4 is 11.6 Å². The predicted octanol–water partition coefficient (Wildman–Crippen LogP) is 1.20. The van der Waals surface area contributed by atoms with Gasteiger partial charge in [-0.2, -0.15) is 0 Å². The van der Waals surface area contributed by atoms with Crippen LogP contribution in [0.2, 0.25) is 0 Å². The Kier molecular flexibility index (Phi) is 3.07. The topological polar surface area (TPSA) is 66.6 Å². The Balaban J connectivity index is 1.86. The summed E-state index contributed by atoms with van der Waals surface area (Å²) in [6, 6.07) is 6.00. The summed E-state index contributed by atoms with van der Waals surface area (Å²) in [6.07, 6.45) is 3.65. The van der Waals surface area contributed by atoms with Gasteiger partial charge in [0, 0.05) is 24.2 Å². The van der Waals surface area contributed by atoms with E-state index in [2.05, 4.69) is 0 Å². The van der Waals surface area contributed by atoms with Crippen molar-refractivity contribution in [1.82, 2.24) is 0 Å². The highest BCUT2D eigenvalue weighted by Crippen LogP contribution is 2.43. The van der Waals surface area contributed by atoms with Crippen LogP contribution < -0.4 is 10.6 Å². The number of fused-ring (bicyclic) bond motifs is 1. The lowest BCUT2D eigenvalue weighted by Gasteiger charge is -2.43. The molecule has 1 aliphatic heterocycles. The third-order valence-corrected chi connectivity index (χ3v) is 4.56. The molecule has 0 atom stereocenters. The predicted molar refractivity (Wildman–Crippen MR) is 73.8 cm³/mol. The lowest BCUT2D eigenvalue weighted by atomic mass is 9.69.